The van der Waals surface area contributed by atoms with Crippen LogP contribution in [0.4, 0.5) is 0 Å². The lowest BCUT2D eigenvalue weighted by atomic mass is 9.83. The molecule has 1 aromatic heterocycles. The van der Waals surface area contributed by atoms with Gasteiger partial charge in [-0.3, -0.25) is 14.4 Å². The van der Waals surface area contributed by atoms with Crippen LogP contribution < -0.4 is 10.6 Å². The molecule has 2 N–H and O–H groups in total. The van der Waals surface area contributed by atoms with Crippen molar-refractivity contribution in [2.45, 2.75) is 127 Å². The SMILES string of the molecule is CC.CC.CC(=O)c1ccno1.CC[C@H](C)CC(=O)NCC1=CC(C)CC=C1C.CNC(=O)[C@@H](C)CC1CCCCC1.[HH].[HH]. The zero-order valence-electron chi connectivity index (χ0n) is 28.8. The van der Waals surface area contributed by atoms with Crippen LogP contribution in [0.3, 0.4) is 0 Å². The average molecular weight is 594 g/mol. The van der Waals surface area contributed by atoms with E-state index in [1.807, 2.05) is 34.6 Å². The molecule has 3 atom stereocenters. The first-order valence-corrected chi connectivity index (χ1v) is 16.3. The minimum absolute atomic E-state index is 0. The first-order valence-electron chi connectivity index (χ1n) is 16.3. The van der Waals surface area contributed by atoms with Gasteiger partial charge in [0, 0.05) is 41.8 Å². The minimum Gasteiger partial charge on any atom is -0.359 e. The van der Waals surface area contributed by atoms with Crippen LogP contribution in [-0.4, -0.2) is 36.3 Å². The molecule has 0 spiro atoms. The molecule has 0 bridgehead atoms. The van der Waals surface area contributed by atoms with Crippen LogP contribution in [0.2, 0.25) is 0 Å². The molecule has 2 aliphatic rings. The van der Waals surface area contributed by atoms with E-state index in [1.54, 1.807) is 7.05 Å². The van der Waals surface area contributed by atoms with Gasteiger partial charge in [-0.1, -0.05) is 117 Å². The van der Waals surface area contributed by atoms with E-state index in [-0.39, 0.29) is 26.4 Å². The van der Waals surface area contributed by atoms with Gasteiger partial charge in [0.2, 0.25) is 17.6 Å². The number of Topliss-reactive ketones (excluding diaryl/α,β-unsaturated/α-hetero) is 1. The second-order valence-corrected chi connectivity index (χ2v) is 11.0. The van der Waals surface area contributed by atoms with E-state index < -0.39 is 0 Å². The largest absolute Gasteiger partial charge is 0.359 e. The molecule has 1 fully saturated rings. The number of nitrogens with one attached hydrogen (secondary N) is 2. The van der Waals surface area contributed by atoms with Gasteiger partial charge in [-0.15, -0.1) is 0 Å². The molecule has 1 saturated carbocycles. The van der Waals surface area contributed by atoms with Crippen LogP contribution in [0.25, 0.3) is 0 Å². The number of carbonyl (C=O) groups excluding carboxylic acids is 3. The van der Waals surface area contributed by atoms with Gasteiger partial charge in [0.25, 0.3) is 0 Å². The lowest BCUT2D eigenvalue weighted by molar-refractivity contribution is -0.124. The quantitative estimate of drug-likeness (QED) is 0.278. The van der Waals surface area contributed by atoms with Gasteiger partial charge in [-0.05, 0) is 43.1 Å². The molecular formula is C35H67N3O4. The Morgan fingerprint density at radius 2 is 1.71 bits per heavy atom. The Labute approximate surface area is 260 Å². The highest BCUT2D eigenvalue weighted by Crippen LogP contribution is 2.29. The van der Waals surface area contributed by atoms with E-state index in [2.05, 4.69) is 60.2 Å². The fraction of sp³-hybridized carbons (Fsp3) is 0.714. The number of hydrogen-bond acceptors (Lipinski definition) is 5. The zero-order chi connectivity index (χ0) is 32.5. The first kappa shape index (κ1) is 41.4. The minimum atomic E-state index is -0.0949. The Kier molecular flexibility index (Phi) is 25.6. The van der Waals surface area contributed by atoms with Crippen LogP contribution in [0.5, 0.6) is 0 Å². The number of carbonyl (C=O) groups is 3. The van der Waals surface area contributed by atoms with E-state index in [0.717, 1.165) is 25.2 Å². The van der Waals surface area contributed by atoms with Crippen LogP contribution >= 0.6 is 0 Å². The molecule has 7 heteroatoms. The number of allylic oxidation sites excluding steroid dienone is 2. The summed E-state index contributed by atoms with van der Waals surface area (Å²) >= 11 is 0. The molecule has 2 amide bonds. The van der Waals surface area contributed by atoms with E-state index >= 15 is 0 Å². The van der Waals surface area contributed by atoms with Crippen molar-refractivity contribution < 1.29 is 21.8 Å². The first-order chi connectivity index (χ1) is 20.1. The van der Waals surface area contributed by atoms with Gasteiger partial charge < -0.3 is 15.2 Å². The third-order valence-corrected chi connectivity index (χ3v) is 7.39. The summed E-state index contributed by atoms with van der Waals surface area (Å²) in [6.07, 6.45) is 16.7. The second-order valence-electron chi connectivity index (χ2n) is 11.0. The van der Waals surface area contributed by atoms with Crippen LogP contribution in [-0.2, 0) is 9.59 Å². The summed E-state index contributed by atoms with van der Waals surface area (Å²) in [5.41, 5.74) is 2.59. The topological polar surface area (TPSA) is 101 Å². The van der Waals surface area contributed by atoms with Gasteiger partial charge in [0.1, 0.15) is 0 Å². The fourth-order valence-electron chi connectivity index (χ4n) is 4.64. The molecular weight excluding hydrogens is 526 g/mol. The Balaban J connectivity index is -0.000000264. The van der Waals surface area contributed by atoms with Gasteiger partial charge in [0.15, 0.2) is 5.78 Å². The maximum absolute atomic E-state index is 11.7. The van der Waals surface area contributed by atoms with Crippen molar-refractivity contribution >= 4 is 17.6 Å². The Bertz CT molecular complexity index is 911. The summed E-state index contributed by atoms with van der Waals surface area (Å²) in [4.78, 5) is 33.3. The van der Waals surface area contributed by atoms with Crippen LogP contribution in [0, 0.1) is 23.7 Å². The van der Waals surface area contributed by atoms with E-state index in [9.17, 15) is 14.4 Å². The summed E-state index contributed by atoms with van der Waals surface area (Å²) in [5.74, 6) is 2.67. The predicted octanol–water partition coefficient (Wildman–Crippen LogP) is 9.21. The van der Waals surface area contributed by atoms with Crippen molar-refractivity contribution in [1.29, 1.82) is 0 Å². The number of rotatable bonds is 9. The highest BCUT2D eigenvalue weighted by Gasteiger charge is 2.19. The Morgan fingerprint density at radius 3 is 2.19 bits per heavy atom. The number of hydrogen-bond donors (Lipinski definition) is 2. The molecule has 1 heterocycles. The summed E-state index contributed by atoms with van der Waals surface area (Å²) in [6.45, 7) is 20.7. The highest BCUT2D eigenvalue weighted by molar-refractivity contribution is 5.90. The van der Waals surface area contributed by atoms with E-state index in [0.29, 0.717) is 30.6 Å². The predicted molar refractivity (Wildman–Crippen MR) is 181 cm³/mol. The monoisotopic (exact) mass is 594 g/mol. The second kappa shape index (κ2) is 26.0. The van der Waals surface area contributed by atoms with Crippen LogP contribution in [0.15, 0.2) is 40.1 Å². The summed E-state index contributed by atoms with van der Waals surface area (Å²) in [5, 5.41) is 9.08. The molecule has 0 aliphatic heterocycles. The third kappa shape index (κ3) is 19.4. The van der Waals surface area contributed by atoms with Crippen molar-refractivity contribution in [3.8, 4) is 0 Å². The smallest absolute Gasteiger partial charge is 0.222 e. The molecule has 0 aromatic carbocycles. The van der Waals surface area contributed by atoms with Crippen molar-refractivity contribution in [1.82, 2.24) is 15.8 Å². The number of nitrogens with zero attached hydrogens (tertiary/aromatic N) is 1. The number of aromatic nitrogens is 1. The normalized spacial score (nSPS) is 17.3. The number of ketones is 1. The summed E-state index contributed by atoms with van der Waals surface area (Å²) in [7, 11) is 1.72. The summed E-state index contributed by atoms with van der Waals surface area (Å²) in [6, 6.07) is 1.53. The van der Waals surface area contributed by atoms with Gasteiger partial charge in [0.05, 0.1) is 6.20 Å². The lowest BCUT2D eigenvalue weighted by Gasteiger charge is -2.23. The van der Waals surface area contributed by atoms with Crippen molar-refractivity contribution in [2.75, 3.05) is 13.6 Å². The average Bonchev–Trinajstić information content (AvgIpc) is 3.56. The molecule has 246 valence electrons. The Hall–Kier alpha value is -2.70. The zero-order valence-corrected chi connectivity index (χ0v) is 28.8. The lowest BCUT2D eigenvalue weighted by Crippen LogP contribution is -2.27. The van der Waals surface area contributed by atoms with Gasteiger partial charge in [-0.2, -0.15) is 0 Å². The van der Waals surface area contributed by atoms with E-state index in [1.165, 1.54) is 62.4 Å². The number of amides is 2. The molecule has 1 aromatic rings. The molecule has 7 nitrogen and oxygen atoms in total. The molecule has 0 radical (unpaired) electrons. The van der Waals surface area contributed by atoms with Crippen LogP contribution in [0.1, 0.15) is 140 Å². The molecule has 0 saturated heterocycles. The maximum atomic E-state index is 11.7. The maximum Gasteiger partial charge on any atom is 0.222 e. The van der Waals surface area contributed by atoms with E-state index in [4.69, 9.17) is 0 Å². The highest BCUT2D eigenvalue weighted by atomic mass is 16.5. The van der Waals surface area contributed by atoms with Gasteiger partial charge >= 0.3 is 0 Å². The molecule has 1 unspecified atom stereocenters. The van der Waals surface area contributed by atoms with Gasteiger partial charge in [-0.25, -0.2) is 0 Å². The molecule has 3 rings (SSSR count). The van der Waals surface area contributed by atoms with Crippen molar-refractivity contribution in [2.24, 2.45) is 23.7 Å². The molecule has 2 aliphatic carbocycles. The van der Waals surface area contributed by atoms with Crippen molar-refractivity contribution in [3.63, 3.8) is 0 Å². The fourth-order valence-corrected chi connectivity index (χ4v) is 4.64. The standard InChI is InChI=1S/C15H25NO.C11H21NO.C5H5NO2.2C2H6.2H2/c1-5-11(2)9-15(17)16-10-14-8-12(3)6-7-13(14)4;1-9(11(13)12-2)8-10-6-4-3-5-7-10;1-4(7)5-2-3-6-8-5;2*1-2;;/h7-8,11-12H,5-6,9-10H2,1-4H3,(H,16,17);9-10H,3-8H2,1-2H3,(H,12,13);2-3H,1H3;2*1-2H3;2*1H/t11-,12?;9-;;;;;/m00...../s1. The Morgan fingerprint density at radius 1 is 1.10 bits per heavy atom. The molecule has 42 heavy (non-hydrogen) atoms. The summed E-state index contributed by atoms with van der Waals surface area (Å²) < 4.78 is 4.50. The third-order valence-electron chi connectivity index (χ3n) is 7.39. The van der Waals surface area contributed by atoms with Crippen molar-refractivity contribution in [3.05, 3.63) is 41.3 Å².